The van der Waals surface area contributed by atoms with Crippen molar-refractivity contribution in [2.24, 2.45) is 0 Å². The molecule has 0 spiro atoms. The van der Waals surface area contributed by atoms with Crippen LogP contribution in [0, 0.1) is 41.2 Å². The Kier molecular flexibility index (Phi) is 6.97. The predicted octanol–water partition coefficient (Wildman–Crippen LogP) is 0.836. The quantitative estimate of drug-likeness (QED) is 0.315. The molecular formula is C13H8N4O3UV-2. The summed E-state index contributed by atoms with van der Waals surface area (Å²) in [4.78, 5) is 17.2. The minimum absolute atomic E-state index is 0. The molecule has 0 amide bonds. The van der Waals surface area contributed by atoms with Gasteiger partial charge in [-0.05, 0) is 0 Å². The minimum Gasteiger partial charge on any atom is 0 e. The molecule has 0 saturated carbocycles. The standard InChI is InChI=1S/C13H8N4O3.U.V/c1-9-12(13(14)16-8-15-9)5-4-10-2-3-11(20-10)6-7-17(18)19;;/h1-3,5-8H,(H-,14,15,16);;/q-2;;/b7-6+,12-5+;;. The number of aromatic nitrogens is 2. The summed E-state index contributed by atoms with van der Waals surface area (Å²) in [5.74, 6) is 0.841. The molecule has 0 saturated heterocycles. The molecule has 109 valence electrons. The Morgan fingerprint density at radius 2 is 2.18 bits per heavy atom. The van der Waals surface area contributed by atoms with E-state index in [0.29, 0.717) is 21.0 Å². The van der Waals surface area contributed by atoms with Gasteiger partial charge in [0.1, 0.15) is 0 Å². The molecule has 2 rings (SSSR count). The van der Waals surface area contributed by atoms with Gasteiger partial charge in [0.25, 0.3) is 0 Å². The summed E-state index contributed by atoms with van der Waals surface area (Å²) in [5.41, 5.74) is 7.69. The summed E-state index contributed by atoms with van der Waals surface area (Å²) < 4.78 is 6.07. The van der Waals surface area contributed by atoms with Crippen molar-refractivity contribution in [1.82, 2.24) is 9.97 Å². The van der Waals surface area contributed by atoms with Crippen LogP contribution in [0.15, 0.2) is 29.1 Å². The monoisotopic (exact) mass is 557 g/mol. The Balaban J connectivity index is 0.00000242. The fourth-order valence-electron chi connectivity index (χ4n) is 1.47. The van der Waals surface area contributed by atoms with Crippen LogP contribution < -0.4 is 10.6 Å². The van der Waals surface area contributed by atoms with E-state index < -0.39 is 4.92 Å². The van der Waals surface area contributed by atoms with Crippen LogP contribution in [-0.4, -0.2) is 19.1 Å². The van der Waals surface area contributed by atoms with E-state index in [1.165, 1.54) is 12.4 Å². The Labute approximate surface area is 158 Å². The van der Waals surface area contributed by atoms with Crippen molar-refractivity contribution in [3.05, 3.63) is 62.6 Å². The van der Waals surface area contributed by atoms with E-state index in [1.807, 2.05) is 0 Å². The van der Waals surface area contributed by atoms with Gasteiger partial charge in [0.2, 0.25) is 0 Å². The molecule has 0 atom stereocenters. The molecule has 0 fully saturated rings. The second-order valence-electron chi connectivity index (χ2n) is 3.85. The van der Waals surface area contributed by atoms with Crippen LogP contribution >= 0.6 is 0 Å². The zero-order chi connectivity index (χ0) is 15.4. The van der Waals surface area contributed by atoms with Crippen LogP contribution in [0.4, 0.5) is 5.82 Å². The van der Waals surface area contributed by atoms with Gasteiger partial charge >= 0.3 is 128 Å². The van der Waals surface area contributed by atoms with Gasteiger partial charge in [0.15, 0.2) is 0 Å². The molecule has 1 N–H and O–H groups in total. The summed E-state index contributed by atoms with van der Waals surface area (Å²) in [6.45, 7) is 5.69. The van der Waals surface area contributed by atoms with Crippen molar-refractivity contribution in [2.45, 2.75) is 0 Å². The second-order valence-corrected chi connectivity index (χ2v) is 4.61. The Morgan fingerprint density at radius 1 is 1.45 bits per heavy atom. The van der Waals surface area contributed by atoms with Crippen molar-refractivity contribution in [1.29, 1.82) is 0 Å². The molecule has 0 bridgehead atoms. The molecule has 2 aromatic heterocycles. The molecule has 22 heavy (non-hydrogen) atoms. The second kappa shape index (κ2) is 8.25. The van der Waals surface area contributed by atoms with Crippen LogP contribution in [0.5, 0.6) is 0 Å². The van der Waals surface area contributed by atoms with Gasteiger partial charge in [-0.2, -0.15) is 0 Å². The fraction of sp³-hybridized carbons (Fsp3) is 0. The van der Waals surface area contributed by atoms with Gasteiger partial charge in [-0.3, -0.25) is 0 Å². The van der Waals surface area contributed by atoms with Gasteiger partial charge in [-0.15, -0.1) is 0 Å². The van der Waals surface area contributed by atoms with Crippen LogP contribution in [0.1, 0.15) is 11.5 Å². The average molecular weight is 557 g/mol. The molecule has 2 aromatic rings. The van der Waals surface area contributed by atoms with Crippen molar-refractivity contribution in [3.8, 4) is 0 Å². The van der Waals surface area contributed by atoms with Crippen molar-refractivity contribution in [2.75, 3.05) is 0 Å². The van der Waals surface area contributed by atoms with Crippen molar-refractivity contribution < 1.29 is 57.4 Å². The van der Waals surface area contributed by atoms with Gasteiger partial charge in [0, 0.05) is 31.1 Å². The number of nitrogens with zero attached hydrogens (tertiary/aromatic N) is 3. The zero-order valence-electron chi connectivity index (χ0n) is 11.1. The number of hydrogen-bond donors (Lipinski definition) is 0. The molecule has 2 heterocycles. The molecule has 0 unspecified atom stereocenters. The van der Waals surface area contributed by atoms with Gasteiger partial charge in [-0.25, -0.2) is 0 Å². The number of rotatable bonds is 4. The predicted molar refractivity (Wildman–Crippen MR) is 73.0 cm³/mol. The van der Waals surface area contributed by atoms with Gasteiger partial charge in [0.05, 0.1) is 0 Å². The average Bonchev–Trinajstić information content (AvgIpc) is 2.89. The molecule has 7 nitrogen and oxygen atoms in total. The first kappa shape index (κ1) is 18.6. The van der Waals surface area contributed by atoms with E-state index >= 15 is 0 Å². The van der Waals surface area contributed by atoms with Crippen LogP contribution in [0.25, 0.3) is 24.5 Å². The Hall–Kier alpha value is -1.45. The normalized spacial score (nSPS) is 11.3. The summed E-state index contributed by atoms with van der Waals surface area (Å²) in [5, 5.41) is 10.8. The summed E-state index contributed by atoms with van der Waals surface area (Å²) in [7, 11) is 0. The summed E-state index contributed by atoms with van der Waals surface area (Å²) in [6, 6.07) is 3.26. The van der Waals surface area contributed by atoms with Gasteiger partial charge < -0.3 is 0 Å². The number of furan rings is 1. The third-order valence-electron chi connectivity index (χ3n) is 2.44. The van der Waals surface area contributed by atoms with Crippen LogP contribution in [0.3, 0.4) is 0 Å². The van der Waals surface area contributed by atoms with E-state index in [2.05, 4.69) is 26.9 Å². The first-order chi connectivity index (χ1) is 9.97. The third-order valence-corrected chi connectivity index (χ3v) is 2.98. The molecule has 0 aliphatic rings. The SMILES string of the molecule is [CH-]=c1ncnc([NH-])/c1=C/[C](=[V])c1ccc(/C=C/[N+](=O)[O-])o1.[U]. The maximum atomic E-state index is 10.2. The van der Waals surface area contributed by atoms with E-state index in [4.69, 9.17) is 16.7 Å². The molecule has 0 radical (unpaired) electrons. The van der Waals surface area contributed by atoms with Crippen LogP contribution in [0.2, 0.25) is 0 Å². The topological polar surface area (TPSA) is 106 Å². The smallest absolute Gasteiger partial charge is 0 e. The van der Waals surface area contributed by atoms with Gasteiger partial charge in [-0.1, -0.05) is 0 Å². The number of nitrogens with one attached hydrogen (secondary N) is 1. The Bertz CT molecular complexity index is 847. The van der Waals surface area contributed by atoms with E-state index in [0.717, 1.165) is 6.20 Å². The Morgan fingerprint density at radius 3 is 2.82 bits per heavy atom. The first-order valence-corrected chi connectivity index (χ1v) is 6.32. The first-order valence-electron chi connectivity index (χ1n) is 5.62. The number of nitro groups is 1. The molecule has 0 aliphatic carbocycles. The van der Waals surface area contributed by atoms with E-state index in [-0.39, 0.29) is 42.3 Å². The molecule has 0 aliphatic heterocycles. The maximum Gasteiger partial charge on any atom is 0 e. The maximum absolute atomic E-state index is 10.2. The molecule has 9 heteroatoms. The fourth-order valence-corrected chi connectivity index (χ4v) is 1.86. The van der Waals surface area contributed by atoms with Crippen molar-refractivity contribution >= 4 is 28.8 Å². The number of hydrogen-bond acceptors (Lipinski definition) is 5. The van der Waals surface area contributed by atoms with E-state index in [1.54, 1.807) is 18.2 Å². The summed E-state index contributed by atoms with van der Waals surface area (Å²) in [6.07, 6.45) is 4.87. The third kappa shape index (κ3) is 4.78. The summed E-state index contributed by atoms with van der Waals surface area (Å²) >= 11 is 2.28. The molecule has 0 aromatic carbocycles. The van der Waals surface area contributed by atoms with Crippen LogP contribution in [-0.2, 0) is 17.0 Å². The minimum atomic E-state index is -0.574. The largest absolute Gasteiger partial charge is 0 e. The zero-order valence-corrected chi connectivity index (χ0v) is 16.6. The van der Waals surface area contributed by atoms with Crippen molar-refractivity contribution in [3.63, 3.8) is 0 Å². The van der Waals surface area contributed by atoms with E-state index in [9.17, 15) is 10.1 Å². The molecular weight excluding hydrogens is 549 g/mol.